The Balaban J connectivity index is 2.17. The van der Waals surface area contributed by atoms with Crippen molar-refractivity contribution < 1.29 is 32.8 Å². The van der Waals surface area contributed by atoms with Crippen molar-refractivity contribution in [2.24, 2.45) is 0 Å². The van der Waals surface area contributed by atoms with Crippen LogP contribution in [0.25, 0.3) is 11.1 Å². The van der Waals surface area contributed by atoms with Gasteiger partial charge in [-0.3, -0.25) is 9.59 Å². The summed E-state index contributed by atoms with van der Waals surface area (Å²) in [6.07, 6.45) is 2.37. The first kappa shape index (κ1) is 15.9. The summed E-state index contributed by atoms with van der Waals surface area (Å²) in [7, 11) is 2.37. The Morgan fingerprint density at radius 3 is 2.71 bits per heavy atom. The van der Waals surface area contributed by atoms with Crippen LogP contribution in [0.3, 0.4) is 0 Å². The number of fused-ring (bicyclic) bond motifs is 3. The summed E-state index contributed by atoms with van der Waals surface area (Å²) in [5.41, 5.74) is 1.24. The number of rotatable bonds is 3. The number of ketones is 1. The van der Waals surface area contributed by atoms with Crippen molar-refractivity contribution >= 4 is 28.8 Å². The number of benzene rings is 1. The van der Waals surface area contributed by atoms with E-state index in [4.69, 9.17) is 9.15 Å². The van der Waals surface area contributed by atoms with E-state index in [1.807, 2.05) is 18.2 Å². The van der Waals surface area contributed by atoms with Gasteiger partial charge >= 0.3 is 5.89 Å². The number of nitrogens with zero attached hydrogens (tertiary/aromatic N) is 1. The van der Waals surface area contributed by atoms with E-state index in [2.05, 4.69) is 10.8 Å². The molecule has 1 aromatic carbocycles. The maximum atomic E-state index is 12.2. The minimum absolute atomic E-state index is 0.0221. The van der Waals surface area contributed by atoms with Crippen molar-refractivity contribution in [3.05, 3.63) is 41.8 Å². The fraction of sp³-hybridized carbons (Fsp3) is 0.294. The predicted octanol–water partition coefficient (Wildman–Crippen LogP) is 0.852. The molecule has 0 radical (unpaired) electrons. The van der Waals surface area contributed by atoms with Crippen LogP contribution < -0.4 is 4.57 Å². The molecule has 2 heterocycles. The smallest absolute Gasteiger partial charge is 0.353 e. The van der Waals surface area contributed by atoms with Gasteiger partial charge in [0, 0.05) is 12.5 Å². The van der Waals surface area contributed by atoms with Gasteiger partial charge in [-0.15, -0.1) is 11.6 Å². The van der Waals surface area contributed by atoms with E-state index >= 15 is 0 Å². The number of para-hydroxylation sites is 2. The van der Waals surface area contributed by atoms with Crippen LogP contribution in [-0.2, 0) is 30.4 Å². The summed E-state index contributed by atoms with van der Waals surface area (Å²) in [5, 5.41) is 0. The van der Waals surface area contributed by atoms with Crippen LogP contribution in [0.1, 0.15) is 18.2 Å². The van der Waals surface area contributed by atoms with Crippen molar-refractivity contribution in [3.63, 3.8) is 0 Å². The molecule has 1 aliphatic heterocycles. The molecule has 0 amide bonds. The summed E-state index contributed by atoms with van der Waals surface area (Å²) in [6, 6.07) is 7.24. The average Bonchev–Trinajstić information content (AvgIpc) is 2.96. The first-order valence-electron chi connectivity index (χ1n) is 7.28. The van der Waals surface area contributed by atoms with Crippen LogP contribution in [0.5, 0.6) is 0 Å². The van der Waals surface area contributed by atoms with E-state index < -0.39 is 17.9 Å². The molecular formula is C17H15NO6. The number of hydrogen-bond acceptors (Lipinski definition) is 6. The number of methoxy groups -OCH3 is 2. The maximum Gasteiger partial charge on any atom is 0.353 e. The van der Waals surface area contributed by atoms with Gasteiger partial charge in [0.25, 0.3) is 5.52 Å². The van der Waals surface area contributed by atoms with Gasteiger partial charge < -0.3 is 18.7 Å². The minimum Gasteiger partial charge on any atom is -0.550 e. The molecule has 2 aromatic rings. The van der Waals surface area contributed by atoms with Crippen molar-refractivity contribution in [1.82, 2.24) is 0 Å². The fourth-order valence-electron chi connectivity index (χ4n) is 2.81. The first-order valence-corrected chi connectivity index (χ1v) is 7.28. The van der Waals surface area contributed by atoms with E-state index in [1.54, 1.807) is 10.6 Å². The second kappa shape index (κ2) is 6.27. The third-order valence-electron chi connectivity index (χ3n) is 3.88. The number of ether oxygens (including phenoxy) is 2. The normalized spacial score (nSPS) is 17.5. The van der Waals surface area contributed by atoms with E-state index in [-0.39, 0.29) is 24.3 Å². The molecule has 1 aromatic heterocycles. The molecule has 124 valence electrons. The molecular weight excluding hydrogens is 314 g/mol. The van der Waals surface area contributed by atoms with Crippen LogP contribution in [-0.4, -0.2) is 31.9 Å². The van der Waals surface area contributed by atoms with Gasteiger partial charge in [0.05, 0.1) is 20.1 Å². The third-order valence-corrected chi connectivity index (χ3v) is 3.88. The lowest BCUT2D eigenvalue weighted by Gasteiger charge is -2.23. The summed E-state index contributed by atoms with van der Waals surface area (Å²) in [5.74, 6) is -2.02. The van der Waals surface area contributed by atoms with Crippen LogP contribution in [0.2, 0.25) is 0 Å². The van der Waals surface area contributed by atoms with E-state index in [0.29, 0.717) is 11.5 Å². The van der Waals surface area contributed by atoms with Crippen molar-refractivity contribution in [1.29, 1.82) is 0 Å². The van der Waals surface area contributed by atoms with E-state index in [1.165, 1.54) is 14.2 Å². The van der Waals surface area contributed by atoms with Crippen LogP contribution >= 0.6 is 0 Å². The first-order chi connectivity index (χ1) is 11.5. The quantitative estimate of drug-likeness (QED) is 0.359. The molecule has 0 saturated carbocycles. The zero-order chi connectivity index (χ0) is 17.3. The minimum atomic E-state index is -0.823. The lowest BCUT2D eigenvalue weighted by Crippen LogP contribution is -2.46. The summed E-state index contributed by atoms with van der Waals surface area (Å²) in [4.78, 5) is 35.8. The second-order valence-electron chi connectivity index (χ2n) is 5.31. The maximum absolute atomic E-state index is 12.2. The van der Waals surface area contributed by atoms with Gasteiger partial charge in [-0.25, -0.2) is 0 Å². The second-order valence-corrected chi connectivity index (χ2v) is 5.31. The number of aromatic nitrogens is 1. The zero-order valence-corrected chi connectivity index (χ0v) is 13.2. The van der Waals surface area contributed by atoms with Crippen molar-refractivity contribution in [3.8, 4) is 0 Å². The monoisotopic (exact) mass is 329 g/mol. The highest BCUT2D eigenvalue weighted by Crippen LogP contribution is 2.32. The zero-order valence-electron chi connectivity index (χ0n) is 13.2. The number of oxazole rings is 1. The highest BCUT2D eigenvalue weighted by Gasteiger charge is 2.39. The predicted molar refractivity (Wildman–Crippen MR) is 79.6 cm³/mol. The van der Waals surface area contributed by atoms with Crippen LogP contribution in [0.15, 0.2) is 34.3 Å². The largest absolute Gasteiger partial charge is 0.550 e. The van der Waals surface area contributed by atoms with Crippen molar-refractivity contribution in [2.75, 3.05) is 14.2 Å². The Morgan fingerprint density at radius 1 is 1.25 bits per heavy atom. The molecule has 1 unspecified atom stereocenters. The molecule has 0 fully saturated rings. The van der Waals surface area contributed by atoms with Gasteiger partial charge in [-0.05, 0) is 6.07 Å². The Labute approximate surface area is 137 Å². The molecule has 1 atom stereocenters. The van der Waals surface area contributed by atoms with Crippen LogP contribution in [0.4, 0.5) is 0 Å². The van der Waals surface area contributed by atoms with E-state index in [9.17, 15) is 14.4 Å². The lowest BCUT2D eigenvalue weighted by molar-refractivity contribution is -0.675. The molecule has 0 spiro atoms. The molecule has 7 nitrogen and oxygen atoms in total. The standard InChI is InChI=1S/C17H15NO6/c1-22-15(20)8-12(17(21)23-2)11-7-10(19)9-18-13-5-3-4-6-14(13)24-16(11)18/h3-6,11H,7,9H2,1-2H3. The Kier molecular flexibility index (Phi) is 4.16. The van der Waals surface area contributed by atoms with Crippen molar-refractivity contribution in [2.45, 2.75) is 18.9 Å². The number of hydrogen-bond donors (Lipinski definition) is 0. The highest BCUT2D eigenvalue weighted by atomic mass is 16.5. The number of carbonyl (C=O) groups is 3. The third kappa shape index (κ3) is 2.68. The van der Waals surface area contributed by atoms with Gasteiger partial charge in [0.15, 0.2) is 11.8 Å². The van der Waals surface area contributed by atoms with Crippen LogP contribution in [0, 0.1) is 6.08 Å². The summed E-state index contributed by atoms with van der Waals surface area (Å²) < 4.78 is 16.8. The number of Topliss-reactive ketones (excluding diaryl/α,β-unsaturated/α-hetero) is 1. The van der Waals surface area contributed by atoms with Gasteiger partial charge in [-0.2, -0.15) is 4.57 Å². The topological polar surface area (TPSA) is 86.7 Å². The lowest BCUT2D eigenvalue weighted by atomic mass is 9.90. The summed E-state index contributed by atoms with van der Waals surface area (Å²) in [6.45, 7) is 0.148. The molecule has 3 rings (SSSR count). The molecule has 7 heteroatoms. The average molecular weight is 329 g/mol. The summed E-state index contributed by atoms with van der Waals surface area (Å²) >= 11 is 0. The number of esters is 2. The Bertz CT molecular complexity index is 863. The SMILES string of the molecule is COC(=O)[C-]=C(C(=O)OC)C1CC(=O)C[n+]2c1oc1ccccc12. The van der Waals surface area contributed by atoms with E-state index in [0.717, 1.165) is 5.52 Å². The Hall–Kier alpha value is -2.96. The highest BCUT2D eigenvalue weighted by molar-refractivity contribution is 5.96. The van der Waals surface area contributed by atoms with Gasteiger partial charge in [0.2, 0.25) is 18.1 Å². The molecule has 0 saturated heterocycles. The molecule has 0 bridgehead atoms. The molecule has 0 aliphatic carbocycles. The molecule has 24 heavy (non-hydrogen) atoms. The van der Waals surface area contributed by atoms with Gasteiger partial charge in [-0.1, -0.05) is 12.1 Å². The molecule has 0 N–H and O–H groups in total. The molecule has 1 aliphatic rings. The van der Waals surface area contributed by atoms with Gasteiger partial charge in [0.1, 0.15) is 0 Å². The Morgan fingerprint density at radius 2 is 2.00 bits per heavy atom. The fourth-order valence-corrected chi connectivity index (χ4v) is 2.81. The number of carbonyl (C=O) groups excluding carboxylic acids is 3.